The van der Waals surface area contributed by atoms with E-state index in [1.54, 1.807) is 0 Å². The lowest BCUT2D eigenvalue weighted by Gasteiger charge is -2.29. The van der Waals surface area contributed by atoms with Crippen molar-refractivity contribution in [2.75, 3.05) is 6.61 Å². The Hall–Kier alpha value is -2.92. The van der Waals surface area contributed by atoms with Crippen LogP contribution in [0.2, 0.25) is 0 Å². The fourth-order valence-corrected chi connectivity index (χ4v) is 3.79. The fourth-order valence-electron chi connectivity index (χ4n) is 3.79. The summed E-state index contributed by atoms with van der Waals surface area (Å²) in [6, 6.07) is 17.7. The van der Waals surface area contributed by atoms with Gasteiger partial charge in [0.15, 0.2) is 5.60 Å². The Kier molecular flexibility index (Phi) is 7.64. The van der Waals surface area contributed by atoms with Crippen molar-refractivity contribution in [2.24, 2.45) is 0 Å². The molecule has 0 aliphatic carbocycles. The minimum atomic E-state index is -1.18. The molecule has 2 atom stereocenters. The summed E-state index contributed by atoms with van der Waals surface area (Å²) in [6.45, 7) is 6.25. The standard InChI is InChI=1S/C26H31NO4/c1-4-6-15-26(25(28)29,30-5-2)17-20-11-13-23(14-12-20)31-19(3)22-16-21-9-7-8-10-24(21)27-18-22/h7-14,16,18-19H,4-6,15,17H2,1-3H3,(H,28,29). The number of benzene rings is 2. The SMILES string of the molecule is CCCCC(Cc1ccc(OC(C)c2cnc3ccccc3c2)cc1)(OCC)C(=O)O. The molecule has 1 heterocycles. The first-order chi connectivity index (χ1) is 15.0. The van der Waals surface area contributed by atoms with Gasteiger partial charge in [-0.15, -0.1) is 0 Å². The highest BCUT2D eigenvalue weighted by Crippen LogP contribution is 2.28. The summed E-state index contributed by atoms with van der Waals surface area (Å²) >= 11 is 0. The van der Waals surface area contributed by atoms with Crippen LogP contribution in [-0.4, -0.2) is 28.3 Å². The number of aliphatic carboxylic acids is 1. The summed E-state index contributed by atoms with van der Waals surface area (Å²) in [6.07, 6.45) is 4.26. The molecule has 5 heteroatoms. The Bertz CT molecular complexity index is 1000. The van der Waals surface area contributed by atoms with Crippen LogP contribution in [0, 0.1) is 0 Å². The predicted molar refractivity (Wildman–Crippen MR) is 122 cm³/mol. The molecule has 0 aliphatic rings. The third kappa shape index (κ3) is 5.61. The molecule has 3 rings (SSSR count). The molecule has 3 aromatic rings. The van der Waals surface area contributed by atoms with Crippen molar-refractivity contribution in [2.45, 2.75) is 58.2 Å². The number of hydrogen-bond donors (Lipinski definition) is 1. The van der Waals surface area contributed by atoms with Gasteiger partial charge in [0.2, 0.25) is 0 Å². The Morgan fingerprint density at radius 2 is 1.87 bits per heavy atom. The summed E-state index contributed by atoms with van der Waals surface area (Å²) in [7, 11) is 0. The molecule has 0 radical (unpaired) electrons. The largest absolute Gasteiger partial charge is 0.486 e. The molecule has 164 valence electrons. The topological polar surface area (TPSA) is 68.7 Å². The van der Waals surface area contributed by atoms with Crippen molar-refractivity contribution in [1.82, 2.24) is 4.98 Å². The Morgan fingerprint density at radius 3 is 2.55 bits per heavy atom. The number of fused-ring (bicyclic) bond motifs is 1. The fraction of sp³-hybridized carbons (Fsp3) is 0.385. The summed E-state index contributed by atoms with van der Waals surface area (Å²) < 4.78 is 11.9. The van der Waals surface area contributed by atoms with Crippen LogP contribution in [0.3, 0.4) is 0 Å². The lowest BCUT2D eigenvalue weighted by Crippen LogP contribution is -2.44. The number of carboxylic acids is 1. The maximum atomic E-state index is 12.0. The molecule has 0 saturated heterocycles. The Balaban J connectivity index is 1.71. The maximum Gasteiger partial charge on any atom is 0.336 e. The van der Waals surface area contributed by atoms with Gasteiger partial charge in [0.25, 0.3) is 0 Å². The quantitative estimate of drug-likeness (QED) is 0.413. The number of ether oxygens (including phenoxy) is 2. The average molecular weight is 422 g/mol. The molecule has 5 nitrogen and oxygen atoms in total. The molecule has 0 amide bonds. The lowest BCUT2D eigenvalue weighted by molar-refractivity contribution is -0.166. The van der Waals surface area contributed by atoms with Crippen molar-refractivity contribution in [3.05, 3.63) is 71.9 Å². The zero-order chi connectivity index (χ0) is 22.3. The van der Waals surface area contributed by atoms with Crippen LogP contribution in [0.1, 0.15) is 57.3 Å². The van der Waals surface area contributed by atoms with E-state index < -0.39 is 11.6 Å². The van der Waals surface area contributed by atoms with Gasteiger partial charge in [-0.25, -0.2) is 4.79 Å². The van der Waals surface area contributed by atoms with Gasteiger partial charge in [0, 0.05) is 30.2 Å². The maximum absolute atomic E-state index is 12.0. The second-order valence-electron chi connectivity index (χ2n) is 7.88. The summed E-state index contributed by atoms with van der Waals surface area (Å²) in [5.74, 6) is -0.171. The molecular formula is C26H31NO4. The first-order valence-corrected chi connectivity index (χ1v) is 10.9. The van der Waals surface area contributed by atoms with Gasteiger partial charge in [-0.1, -0.05) is 50.1 Å². The lowest BCUT2D eigenvalue weighted by atomic mass is 9.89. The second-order valence-corrected chi connectivity index (χ2v) is 7.88. The van der Waals surface area contributed by atoms with E-state index in [4.69, 9.17) is 9.47 Å². The highest BCUT2D eigenvalue weighted by molar-refractivity contribution is 5.79. The van der Waals surface area contributed by atoms with Crippen LogP contribution in [0.25, 0.3) is 10.9 Å². The van der Waals surface area contributed by atoms with Crippen molar-refractivity contribution in [1.29, 1.82) is 0 Å². The number of pyridine rings is 1. The average Bonchev–Trinajstić information content (AvgIpc) is 2.78. The zero-order valence-corrected chi connectivity index (χ0v) is 18.5. The van der Waals surface area contributed by atoms with E-state index in [1.165, 1.54) is 0 Å². The first-order valence-electron chi connectivity index (χ1n) is 10.9. The summed E-state index contributed by atoms with van der Waals surface area (Å²) in [5.41, 5.74) is 1.70. The van der Waals surface area contributed by atoms with Gasteiger partial charge >= 0.3 is 5.97 Å². The van der Waals surface area contributed by atoms with Crippen molar-refractivity contribution in [3.8, 4) is 5.75 Å². The third-order valence-corrected chi connectivity index (χ3v) is 5.55. The second kappa shape index (κ2) is 10.4. The van der Waals surface area contributed by atoms with Crippen molar-refractivity contribution in [3.63, 3.8) is 0 Å². The molecule has 0 fully saturated rings. The van der Waals surface area contributed by atoms with Crippen LogP contribution >= 0.6 is 0 Å². The van der Waals surface area contributed by atoms with Gasteiger partial charge in [-0.05, 0) is 50.1 Å². The van der Waals surface area contributed by atoms with Crippen LogP contribution in [0.4, 0.5) is 0 Å². The monoisotopic (exact) mass is 421 g/mol. The van der Waals surface area contributed by atoms with E-state index in [-0.39, 0.29) is 6.10 Å². The summed E-state index contributed by atoms with van der Waals surface area (Å²) in [4.78, 5) is 16.5. The van der Waals surface area contributed by atoms with E-state index in [0.29, 0.717) is 19.4 Å². The summed E-state index contributed by atoms with van der Waals surface area (Å²) in [5, 5.41) is 10.9. The van der Waals surface area contributed by atoms with Crippen LogP contribution in [-0.2, 0) is 16.0 Å². The van der Waals surface area contributed by atoms with Gasteiger partial charge in [0.05, 0.1) is 5.52 Å². The smallest absolute Gasteiger partial charge is 0.336 e. The van der Waals surface area contributed by atoms with Gasteiger partial charge in [0.1, 0.15) is 11.9 Å². The molecule has 31 heavy (non-hydrogen) atoms. The van der Waals surface area contributed by atoms with E-state index in [9.17, 15) is 9.90 Å². The van der Waals surface area contributed by atoms with Gasteiger partial charge in [-0.3, -0.25) is 4.98 Å². The molecule has 2 unspecified atom stereocenters. The molecule has 0 bridgehead atoms. The van der Waals surface area contributed by atoms with Crippen molar-refractivity contribution < 1.29 is 19.4 Å². The number of unbranched alkanes of at least 4 members (excludes halogenated alkanes) is 1. The minimum absolute atomic E-state index is 0.158. The van der Waals surface area contributed by atoms with Crippen LogP contribution in [0.5, 0.6) is 5.75 Å². The number of carboxylic acid groups (broad SMARTS) is 1. The van der Waals surface area contributed by atoms with E-state index in [0.717, 1.165) is 40.6 Å². The number of aromatic nitrogens is 1. The normalized spacial score (nSPS) is 14.2. The van der Waals surface area contributed by atoms with Crippen molar-refractivity contribution >= 4 is 16.9 Å². The first kappa shape index (κ1) is 22.8. The highest BCUT2D eigenvalue weighted by Gasteiger charge is 2.38. The van der Waals surface area contributed by atoms with Gasteiger partial charge < -0.3 is 14.6 Å². The molecule has 1 N–H and O–H groups in total. The highest BCUT2D eigenvalue weighted by atomic mass is 16.5. The van der Waals surface area contributed by atoms with Gasteiger partial charge in [-0.2, -0.15) is 0 Å². The molecule has 0 saturated carbocycles. The molecule has 1 aromatic heterocycles. The minimum Gasteiger partial charge on any atom is -0.486 e. The third-order valence-electron chi connectivity index (χ3n) is 5.55. The Labute approximate surface area is 184 Å². The zero-order valence-electron chi connectivity index (χ0n) is 18.5. The number of hydrogen-bond acceptors (Lipinski definition) is 4. The van der Waals surface area contributed by atoms with E-state index >= 15 is 0 Å². The molecule has 2 aromatic carbocycles. The van der Waals surface area contributed by atoms with E-state index in [1.807, 2.05) is 68.6 Å². The number of para-hydroxylation sites is 1. The molecule has 0 aliphatic heterocycles. The van der Waals surface area contributed by atoms with Crippen LogP contribution in [0.15, 0.2) is 60.8 Å². The molecular weight excluding hydrogens is 390 g/mol. The predicted octanol–water partition coefficient (Wildman–Crippen LogP) is 5.97. The molecule has 0 spiro atoms. The van der Waals surface area contributed by atoms with Crippen LogP contribution < -0.4 is 4.74 Å². The Morgan fingerprint density at radius 1 is 1.13 bits per heavy atom. The number of rotatable bonds is 11. The van der Waals surface area contributed by atoms with E-state index in [2.05, 4.69) is 18.0 Å². The number of carbonyl (C=O) groups is 1. The number of nitrogens with zero attached hydrogens (tertiary/aromatic N) is 1.